The van der Waals surface area contributed by atoms with Gasteiger partial charge in [0.15, 0.2) is 11.6 Å². The Hall–Kier alpha value is -7.38. The van der Waals surface area contributed by atoms with Crippen molar-refractivity contribution in [1.82, 2.24) is 40.0 Å². The summed E-state index contributed by atoms with van der Waals surface area (Å²) in [5.41, 5.74) is 2.96. The number of benzene rings is 4. The molecule has 0 spiro atoms. The van der Waals surface area contributed by atoms with Gasteiger partial charge in [-0.05, 0) is 111 Å². The number of methoxy groups -OCH3 is 1. The van der Waals surface area contributed by atoms with Crippen LogP contribution in [0.25, 0.3) is 22.1 Å². The third kappa shape index (κ3) is 10.1. The number of hydrogen-bond acceptors (Lipinski definition) is 9. The van der Waals surface area contributed by atoms with Crippen molar-refractivity contribution in [3.8, 4) is 0 Å². The summed E-state index contributed by atoms with van der Waals surface area (Å²) in [6, 6.07) is 13.8. The van der Waals surface area contributed by atoms with E-state index in [4.69, 9.17) is 14.7 Å². The Morgan fingerprint density at radius 3 is 1.68 bits per heavy atom. The highest BCUT2D eigenvalue weighted by Crippen LogP contribution is 2.50. The zero-order valence-electron chi connectivity index (χ0n) is 44.2. The molecular weight excluding hydrogens is 997 g/mol. The number of aromatic amines is 2. The molecule has 4 aliphatic rings. The number of piperidine rings is 1. The van der Waals surface area contributed by atoms with Crippen LogP contribution in [0.5, 0.6) is 0 Å². The minimum Gasteiger partial charge on any atom is -0.465 e. The van der Waals surface area contributed by atoms with E-state index in [1.54, 1.807) is 45.6 Å². The van der Waals surface area contributed by atoms with E-state index < -0.39 is 71.7 Å². The summed E-state index contributed by atoms with van der Waals surface area (Å²) in [7, 11) is 2.60. The molecule has 20 heteroatoms. The fourth-order valence-electron chi connectivity index (χ4n) is 12.6. The Kier molecular flexibility index (Phi) is 14.9. The number of halogens is 4. The van der Waals surface area contributed by atoms with E-state index in [1.165, 1.54) is 44.0 Å². The highest BCUT2D eigenvalue weighted by molar-refractivity contribution is 5.87. The van der Waals surface area contributed by atoms with Gasteiger partial charge >= 0.3 is 12.2 Å². The smallest absolute Gasteiger partial charge is 0.407 e. The first-order valence-corrected chi connectivity index (χ1v) is 26.8. The second kappa shape index (κ2) is 21.6. The number of imidazole rings is 2. The maximum absolute atomic E-state index is 17.0. The Morgan fingerprint density at radius 1 is 0.675 bits per heavy atom. The van der Waals surface area contributed by atoms with Gasteiger partial charge in [0.1, 0.15) is 41.1 Å². The molecule has 77 heavy (non-hydrogen) atoms. The largest absolute Gasteiger partial charge is 0.465 e. The standard InChI is InChI=1S/C57H66F4N10O6/c1-30(2)49(66-56(74)77-6)54(72)69-20-10-14-47(69)52-62-41-26-35(37(58)28-43(41)64-52)45-16-17-46(71(45)34-24-39(60)51(40(61)25-34)68-22-18-33(19-23-68)32-12-8-7-9-13-32)36-27-42-44(29-38(36)59)65-53(63-42)48-15-11-21-70(48)55(73)50(31(3)4)67(5)57(75)76/h7-9,12-13,24-31,33,45-50H,10-11,14-23H2,1-6H3,(H,62,64)(H,63,65)(H,66,74)(H,75,76)/t45-,46-,47+,48+,49+,50+/m1/s1. The molecule has 4 aromatic carbocycles. The van der Waals surface area contributed by atoms with Crippen molar-refractivity contribution in [3.63, 3.8) is 0 Å². The van der Waals surface area contributed by atoms with Crippen molar-refractivity contribution in [2.45, 2.75) is 121 Å². The zero-order valence-corrected chi connectivity index (χ0v) is 44.2. The first-order chi connectivity index (χ1) is 36.9. The number of carboxylic acid groups (broad SMARTS) is 1. The molecule has 2 aromatic heterocycles. The summed E-state index contributed by atoms with van der Waals surface area (Å²) in [4.78, 5) is 76.2. The minimum absolute atomic E-state index is 0.0892. The Labute approximate surface area is 444 Å². The minimum atomic E-state index is -1.23. The number of ether oxygens (including phenoxy) is 1. The predicted molar refractivity (Wildman–Crippen MR) is 282 cm³/mol. The lowest BCUT2D eigenvalue weighted by atomic mass is 9.89. The predicted octanol–water partition coefficient (Wildman–Crippen LogP) is 10.8. The number of anilines is 2. The van der Waals surface area contributed by atoms with Crippen LogP contribution in [-0.2, 0) is 14.3 Å². The SMILES string of the molecule is COC(=O)N[C@H](C(=O)N1CCC[C@H]1c1nc2cc([C@H]3CC[C@H](c4cc5nc([C@@H]6CCCN6C(=O)[C@H](C(C)C)N(C)C(=O)O)[nH]c5cc4F)N3c3cc(F)c(N4CCC(c5ccccc5)CC4)c(F)c3)c(F)cc2[nH]1)C(C)C. The van der Waals surface area contributed by atoms with Crippen molar-refractivity contribution in [1.29, 1.82) is 0 Å². The summed E-state index contributed by atoms with van der Waals surface area (Å²) in [6.45, 7) is 8.86. The molecule has 4 fully saturated rings. The molecule has 4 saturated heterocycles. The third-order valence-corrected chi connectivity index (χ3v) is 16.4. The number of rotatable bonds is 13. The first kappa shape index (κ1) is 53.0. The quantitative estimate of drug-likeness (QED) is 0.0812. The summed E-state index contributed by atoms with van der Waals surface area (Å²) in [6.07, 6.45) is 2.35. The number of carbonyl (C=O) groups excluding carboxylic acids is 3. The van der Waals surface area contributed by atoms with Crippen LogP contribution < -0.4 is 15.1 Å². The Morgan fingerprint density at radius 2 is 1.19 bits per heavy atom. The van der Waals surface area contributed by atoms with Gasteiger partial charge in [-0.15, -0.1) is 0 Å². The number of nitrogens with one attached hydrogen (secondary N) is 3. The number of H-pyrrole nitrogens is 2. The lowest BCUT2D eigenvalue weighted by Crippen LogP contribution is -2.51. The molecule has 16 nitrogen and oxygen atoms in total. The molecular formula is C57H66F4N10O6. The molecule has 4 amide bonds. The normalized spacial score (nSPS) is 21.0. The molecule has 4 N–H and O–H groups in total. The van der Waals surface area contributed by atoms with E-state index in [0.29, 0.717) is 98.4 Å². The second-order valence-corrected chi connectivity index (χ2v) is 21.8. The maximum Gasteiger partial charge on any atom is 0.407 e. The van der Waals surface area contributed by atoms with Crippen molar-refractivity contribution >= 4 is 57.4 Å². The number of nitrogens with zero attached hydrogens (tertiary/aromatic N) is 7. The highest BCUT2D eigenvalue weighted by atomic mass is 19.1. The Balaban J connectivity index is 0.999. The number of alkyl carbamates (subject to hydrolysis) is 1. The van der Waals surface area contributed by atoms with E-state index in [9.17, 15) is 24.3 Å². The number of carbonyl (C=O) groups is 4. The molecule has 4 aliphatic heterocycles. The van der Waals surface area contributed by atoms with Crippen LogP contribution in [0.2, 0.25) is 0 Å². The number of hydrogen-bond donors (Lipinski definition) is 4. The van der Waals surface area contributed by atoms with Gasteiger partial charge in [0.05, 0.1) is 53.3 Å². The van der Waals surface area contributed by atoms with Crippen LogP contribution in [-0.4, -0.2) is 116 Å². The van der Waals surface area contributed by atoms with Gasteiger partial charge in [0.25, 0.3) is 0 Å². The summed E-state index contributed by atoms with van der Waals surface area (Å²) in [5, 5.41) is 12.5. The lowest BCUT2D eigenvalue weighted by molar-refractivity contribution is -0.138. The maximum atomic E-state index is 17.0. The molecule has 10 rings (SSSR count). The number of amides is 4. The topological polar surface area (TPSA) is 183 Å². The number of likely N-dealkylation sites (tertiary alicyclic amines) is 2. The van der Waals surface area contributed by atoms with E-state index in [2.05, 4.69) is 27.4 Å². The number of fused-ring (bicyclic) bond motifs is 2. The van der Waals surface area contributed by atoms with E-state index in [0.717, 1.165) is 4.90 Å². The summed E-state index contributed by atoms with van der Waals surface area (Å²) in [5.74, 6) is -3.00. The summed E-state index contributed by atoms with van der Waals surface area (Å²) < 4.78 is 72.4. The molecule has 0 radical (unpaired) electrons. The van der Waals surface area contributed by atoms with E-state index >= 15 is 17.6 Å². The average molecular weight is 1060 g/mol. The van der Waals surface area contributed by atoms with Crippen molar-refractivity contribution in [2.75, 3.05) is 50.1 Å². The van der Waals surface area contributed by atoms with Gasteiger partial charge in [0.2, 0.25) is 11.8 Å². The molecule has 0 saturated carbocycles. The van der Waals surface area contributed by atoms with Crippen LogP contribution >= 0.6 is 0 Å². The van der Waals surface area contributed by atoms with Gasteiger partial charge in [-0.3, -0.25) is 14.5 Å². The zero-order chi connectivity index (χ0) is 54.6. The fraction of sp³-hybridized carbons (Fsp3) is 0.474. The molecule has 6 aromatic rings. The van der Waals surface area contributed by atoms with Crippen LogP contribution in [0.15, 0.2) is 66.7 Å². The molecule has 6 atom stereocenters. The first-order valence-electron chi connectivity index (χ1n) is 26.8. The number of aromatic nitrogens is 4. The van der Waals surface area contributed by atoms with Crippen molar-refractivity contribution in [2.24, 2.45) is 11.8 Å². The monoisotopic (exact) mass is 1060 g/mol. The van der Waals surface area contributed by atoms with Gasteiger partial charge in [0, 0.05) is 50.0 Å². The van der Waals surface area contributed by atoms with Crippen molar-refractivity contribution < 1.29 is 46.6 Å². The van der Waals surface area contributed by atoms with Crippen LogP contribution in [0.1, 0.15) is 137 Å². The third-order valence-electron chi connectivity index (χ3n) is 16.4. The molecule has 6 heterocycles. The molecule has 0 bridgehead atoms. The molecule has 408 valence electrons. The second-order valence-electron chi connectivity index (χ2n) is 21.8. The van der Waals surface area contributed by atoms with E-state index in [1.807, 2.05) is 32.0 Å². The Bertz CT molecular complexity index is 3170. The van der Waals surface area contributed by atoms with Crippen LogP contribution in [0.3, 0.4) is 0 Å². The highest BCUT2D eigenvalue weighted by Gasteiger charge is 2.43. The van der Waals surface area contributed by atoms with Gasteiger partial charge in [-0.2, -0.15) is 0 Å². The average Bonchev–Trinajstić information content (AvgIpc) is 4.30. The summed E-state index contributed by atoms with van der Waals surface area (Å²) >= 11 is 0. The van der Waals surface area contributed by atoms with Gasteiger partial charge in [-0.25, -0.2) is 37.1 Å². The van der Waals surface area contributed by atoms with Crippen molar-refractivity contribution in [3.05, 3.63) is 118 Å². The van der Waals surface area contributed by atoms with Crippen LogP contribution in [0, 0.1) is 35.1 Å². The van der Waals surface area contributed by atoms with Crippen LogP contribution in [0.4, 0.5) is 38.5 Å². The molecule has 0 unspecified atom stereocenters. The molecule has 0 aliphatic carbocycles. The van der Waals surface area contributed by atoms with Gasteiger partial charge in [-0.1, -0.05) is 58.0 Å². The lowest BCUT2D eigenvalue weighted by Gasteiger charge is -2.36. The number of likely N-dealkylation sites (N-methyl/N-ethyl adjacent to an activating group) is 1. The van der Waals surface area contributed by atoms with E-state index in [-0.39, 0.29) is 64.9 Å². The van der Waals surface area contributed by atoms with Gasteiger partial charge < -0.3 is 44.7 Å². The fourth-order valence-corrected chi connectivity index (χ4v) is 12.6.